The van der Waals surface area contributed by atoms with E-state index < -0.39 is 0 Å². The Morgan fingerprint density at radius 3 is 2.41 bits per heavy atom. The lowest BCUT2D eigenvalue weighted by molar-refractivity contribution is 0.0825. The number of nitrogen functional groups attached to an aromatic ring is 1. The number of carbonyl (C=O) groups excluding carboxylic acids is 1. The third-order valence-corrected chi connectivity index (χ3v) is 2.68. The fourth-order valence-electron chi connectivity index (χ4n) is 1.79. The summed E-state index contributed by atoms with van der Waals surface area (Å²) in [5, 5.41) is 11.4. The van der Waals surface area contributed by atoms with Gasteiger partial charge in [-0.3, -0.25) is 4.79 Å². The molecule has 17 heavy (non-hydrogen) atoms. The summed E-state index contributed by atoms with van der Waals surface area (Å²) >= 11 is 0. The highest BCUT2D eigenvalue weighted by Crippen LogP contribution is 2.33. The molecule has 0 aliphatic carbocycles. The standard InChI is InChI=1S/C13H14N2O2/c1-15(2)13(17)10-7-11(14)8-5-3-4-6-9(8)12(10)16/h3-7,16H,14H2,1-2H3. The monoisotopic (exact) mass is 230 g/mol. The van der Waals surface area contributed by atoms with Crippen molar-refractivity contribution in [3.8, 4) is 5.75 Å². The van der Waals surface area contributed by atoms with Gasteiger partial charge in [-0.1, -0.05) is 24.3 Å². The molecule has 0 aromatic heterocycles. The van der Waals surface area contributed by atoms with E-state index in [-0.39, 0.29) is 17.2 Å². The number of carbonyl (C=O) groups is 1. The first-order valence-electron chi connectivity index (χ1n) is 5.24. The van der Waals surface area contributed by atoms with Gasteiger partial charge in [0.05, 0.1) is 5.56 Å². The average molecular weight is 230 g/mol. The SMILES string of the molecule is CN(C)C(=O)c1cc(N)c2ccccc2c1O. The highest BCUT2D eigenvalue weighted by Gasteiger charge is 2.17. The molecule has 4 heteroatoms. The highest BCUT2D eigenvalue weighted by molar-refractivity contribution is 6.07. The highest BCUT2D eigenvalue weighted by atomic mass is 16.3. The van der Waals surface area contributed by atoms with Crippen LogP contribution in [0.15, 0.2) is 30.3 Å². The van der Waals surface area contributed by atoms with Crippen LogP contribution in [0.1, 0.15) is 10.4 Å². The van der Waals surface area contributed by atoms with Gasteiger partial charge in [-0.15, -0.1) is 0 Å². The molecule has 3 N–H and O–H groups in total. The summed E-state index contributed by atoms with van der Waals surface area (Å²) < 4.78 is 0. The predicted octanol–water partition coefficient (Wildman–Crippen LogP) is 1.83. The molecule has 0 spiro atoms. The van der Waals surface area contributed by atoms with E-state index in [1.165, 1.54) is 11.0 Å². The van der Waals surface area contributed by atoms with Crippen molar-refractivity contribution in [2.75, 3.05) is 19.8 Å². The number of phenols is 1. The first kappa shape index (κ1) is 11.3. The maximum Gasteiger partial charge on any atom is 0.257 e. The van der Waals surface area contributed by atoms with Gasteiger partial charge in [0.25, 0.3) is 5.91 Å². The maximum atomic E-state index is 11.9. The number of nitrogens with two attached hydrogens (primary N) is 1. The number of hydrogen-bond donors (Lipinski definition) is 2. The lowest BCUT2D eigenvalue weighted by atomic mass is 10.0. The molecule has 0 atom stereocenters. The second-order valence-corrected chi connectivity index (χ2v) is 4.11. The van der Waals surface area contributed by atoms with Gasteiger partial charge in [0.2, 0.25) is 0 Å². The quantitative estimate of drug-likeness (QED) is 0.580. The lowest BCUT2D eigenvalue weighted by Crippen LogP contribution is -2.22. The minimum absolute atomic E-state index is 0.0199. The van der Waals surface area contributed by atoms with Gasteiger partial charge in [-0.25, -0.2) is 0 Å². The van der Waals surface area contributed by atoms with Crippen LogP contribution in [0.2, 0.25) is 0 Å². The van der Waals surface area contributed by atoms with Crippen LogP contribution in [0.5, 0.6) is 5.75 Å². The minimum Gasteiger partial charge on any atom is -0.506 e. The van der Waals surface area contributed by atoms with E-state index in [9.17, 15) is 9.90 Å². The molecule has 0 saturated heterocycles. The molecule has 0 fully saturated rings. The molecule has 2 rings (SSSR count). The molecule has 0 aliphatic heterocycles. The number of hydrogen-bond acceptors (Lipinski definition) is 3. The van der Waals surface area contributed by atoms with Crippen molar-refractivity contribution >= 4 is 22.4 Å². The van der Waals surface area contributed by atoms with E-state index in [2.05, 4.69) is 0 Å². The summed E-state index contributed by atoms with van der Waals surface area (Å²) in [6.07, 6.45) is 0. The topological polar surface area (TPSA) is 66.6 Å². The smallest absolute Gasteiger partial charge is 0.257 e. The van der Waals surface area contributed by atoms with Crippen LogP contribution in [-0.2, 0) is 0 Å². The molecule has 2 aromatic rings. The molecule has 0 bridgehead atoms. The molecule has 0 radical (unpaired) electrons. The molecule has 88 valence electrons. The Morgan fingerprint density at radius 2 is 1.82 bits per heavy atom. The summed E-state index contributed by atoms with van der Waals surface area (Å²) in [4.78, 5) is 13.3. The van der Waals surface area contributed by atoms with Crippen molar-refractivity contribution in [3.05, 3.63) is 35.9 Å². The largest absolute Gasteiger partial charge is 0.506 e. The number of phenolic OH excluding ortho intramolecular Hbond substituents is 1. The van der Waals surface area contributed by atoms with Crippen LogP contribution < -0.4 is 5.73 Å². The van der Waals surface area contributed by atoms with Crippen LogP contribution in [0.4, 0.5) is 5.69 Å². The number of nitrogens with zero attached hydrogens (tertiary/aromatic N) is 1. The fourth-order valence-corrected chi connectivity index (χ4v) is 1.79. The Bertz CT molecular complexity index is 591. The molecule has 2 aromatic carbocycles. The van der Waals surface area contributed by atoms with E-state index in [1.54, 1.807) is 26.2 Å². The van der Waals surface area contributed by atoms with E-state index >= 15 is 0 Å². The van der Waals surface area contributed by atoms with Gasteiger partial charge >= 0.3 is 0 Å². The van der Waals surface area contributed by atoms with Gasteiger partial charge in [0.1, 0.15) is 5.75 Å². The van der Waals surface area contributed by atoms with Crippen LogP contribution in [-0.4, -0.2) is 30.0 Å². The van der Waals surface area contributed by atoms with Crippen LogP contribution in [0, 0.1) is 0 Å². The number of anilines is 1. The number of benzene rings is 2. The molecule has 0 aliphatic rings. The van der Waals surface area contributed by atoms with E-state index in [0.29, 0.717) is 11.1 Å². The summed E-state index contributed by atoms with van der Waals surface area (Å²) in [5.74, 6) is -0.284. The molecule has 0 heterocycles. The van der Waals surface area contributed by atoms with Crippen molar-refractivity contribution in [1.29, 1.82) is 0 Å². The summed E-state index contributed by atoms with van der Waals surface area (Å²) in [6.45, 7) is 0. The third kappa shape index (κ3) is 1.78. The number of rotatable bonds is 1. The average Bonchev–Trinajstić information content (AvgIpc) is 2.33. The minimum atomic E-state index is -0.264. The molecule has 1 amide bonds. The van der Waals surface area contributed by atoms with Crippen LogP contribution >= 0.6 is 0 Å². The molecule has 0 unspecified atom stereocenters. The van der Waals surface area contributed by atoms with Gasteiger partial charge < -0.3 is 15.7 Å². The normalized spacial score (nSPS) is 10.5. The summed E-state index contributed by atoms with van der Waals surface area (Å²) in [7, 11) is 3.26. The van der Waals surface area contributed by atoms with E-state index in [4.69, 9.17) is 5.73 Å². The Morgan fingerprint density at radius 1 is 1.24 bits per heavy atom. The zero-order valence-electron chi connectivity index (χ0n) is 9.77. The van der Waals surface area contributed by atoms with Crippen molar-refractivity contribution in [2.24, 2.45) is 0 Å². The van der Waals surface area contributed by atoms with E-state index in [1.807, 2.05) is 12.1 Å². The Labute approximate surface area is 99.3 Å². The summed E-state index contributed by atoms with van der Waals surface area (Å²) in [5.41, 5.74) is 6.60. The van der Waals surface area contributed by atoms with Crippen molar-refractivity contribution in [1.82, 2.24) is 4.90 Å². The predicted molar refractivity (Wildman–Crippen MR) is 68.0 cm³/mol. The van der Waals surface area contributed by atoms with Crippen molar-refractivity contribution in [2.45, 2.75) is 0 Å². The Balaban J connectivity index is 2.75. The number of fused-ring (bicyclic) bond motifs is 1. The van der Waals surface area contributed by atoms with Crippen molar-refractivity contribution in [3.63, 3.8) is 0 Å². The Hall–Kier alpha value is -2.23. The maximum absolute atomic E-state index is 11.9. The molecular formula is C13H14N2O2. The van der Waals surface area contributed by atoms with Gasteiger partial charge in [0.15, 0.2) is 0 Å². The number of aromatic hydroxyl groups is 1. The lowest BCUT2D eigenvalue weighted by Gasteiger charge is -2.14. The first-order chi connectivity index (χ1) is 8.02. The first-order valence-corrected chi connectivity index (χ1v) is 5.24. The second kappa shape index (κ2) is 3.97. The van der Waals surface area contributed by atoms with Gasteiger partial charge in [-0.2, -0.15) is 0 Å². The van der Waals surface area contributed by atoms with Gasteiger partial charge in [-0.05, 0) is 6.07 Å². The zero-order valence-corrected chi connectivity index (χ0v) is 9.77. The van der Waals surface area contributed by atoms with Gasteiger partial charge in [0, 0.05) is 30.6 Å². The van der Waals surface area contributed by atoms with Crippen LogP contribution in [0.3, 0.4) is 0 Å². The number of amides is 1. The second-order valence-electron chi connectivity index (χ2n) is 4.11. The van der Waals surface area contributed by atoms with E-state index in [0.717, 1.165) is 5.39 Å². The van der Waals surface area contributed by atoms with Crippen molar-refractivity contribution < 1.29 is 9.90 Å². The fraction of sp³-hybridized carbons (Fsp3) is 0.154. The molecule has 0 saturated carbocycles. The zero-order chi connectivity index (χ0) is 12.6. The Kier molecular flexibility index (Phi) is 2.63. The molecular weight excluding hydrogens is 216 g/mol. The molecule has 4 nitrogen and oxygen atoms in total. The van der Waals surface area contributed by atoms with Crippen LogP contribution in [0.25, 0.3) is 10.8 Å². The summed E-state index contributed by atoms with van der Waals surface area (Å²) in [6, 6.07) is 8.71. The third-order valence-electron chi connectivity index (χ3n) is 2.68.